The Morgan fingerprint density at radius 1 is 1.25 bits per heavy atom. The van der Waals surface area contributed by atoms with Crippen molar-refractivity contribution in [3.8, 4) is 5.75 Å². The summed E-state index contributed by atoms with van der Waals surface area (Å²) in [7, 11) is 0. The summed E-state index contributed by atoms with van der Waals surface area (Å²) in [6.45, 7) is 1.36. The summed E-state index contributed by atoms with van der Waals surface area (Å²) < 4.78 is 5.95. The maximum atomic E-state index is 12.5. The molecule has 0 bridgehead atoms. The number of aryl methyl sites for hydroxylation is 1. The molecule has 2 aromatic rings. The van der Waals surface area contributed by atoms with Crippen molar-refractivity contribution in [2.75, 3.05) is 18.4 Å². The van der Waals surface area contributed by atoms with E-state index in [4.69, 9.17) is 16.3 Å². The number of likely N-dealkylation sites (tertiary alicyclic amines) is 1. The lowest BCUT2D eigenvalue weighted by atomic mass is 10.0. The van der Waals surface area contributed by atoms with Crippen LogP contribution in [0.4, 0.5) is 5.69 Å². The smallest absolute Gasteiger partial charge is 0.228 e. The van der Waals surface area contributed by atoms with E-state index >= 15 is 0 Å². The Labute approximate surface area is 169 Å². The molecule has 1 atom stereocenters. The molecule has 5 nitrogen and oxygen atoms in total. The summed E-state index contributed by atoms with van der Waals surface area (Å²) in [5.74, 6) is 0.970. The van der Waals surface area contributed by atoms with Gasteiger partial charge in [0.05, 0.1) is 13.0 Å². The molecule has 0 saturated carbocycles. The number of hydrogen-bond acceptors (Lipinski definition) is 3. The van der Waals surface area contributed by atoms with Gasteiger partial charge in [0.1, 0.15) is 11.9 Å². The lowest BCUT2D eigenvalue weighted by Crippen LogP contribution is -2.30. The number of halogens is 1. The second-order valence-corrected chi connectivity index (χ2v) is 7.83. The minimum absolute atomic E-state index is 0.0177. The number of nitrogens with one attached hydrogen (secondary N) is 1. The van der Waals surface area contributed by atoms with Gasteiger partial charge in [-0.3, -0.25) is 9.59 Å². The Balaban J connectivity index is 1.23. The molecule has 2 aliphatic heterocycles. The standard InChI is InChI=1S/C22H23ClN2O3/c23-17-4-2-5-18(13-17)28-19-9-10-25(14-19)22(27)6-1-3-15-7-8-20-16(11-15)12-21(26)24-20/h2,4-5,7-8,11,13,19H,1,3,6,9-10,12,14H2,(H,24,26)/t19-/m1/s1. The van der Waals surface area contributed by atoms with E-state index in [0.717, 1.165) is 42.8 Å². The van der Waals surface area contributed by atoms with E-state index in [2.05, 4.69) is 11.4 Å². The fraction of sp³-hybridized carbons (Fsp3) is 0.364. The summed E-state index contributed by atoms with van der Waals surface area (Å²) in [6.07, 6.45) is 3.47. The van der Waals surface area contributed by atoms with Gasteiger partial charge >= 0.3 is 0 Å². The number of fused-ring (bicyclic) bond motifs is 1. The third-order valence-electron chi connectivity index (χ3n) is 5.25. The van der Waals surface area contributed by atoms with Gasteiger partial charge in [0, 0.05) is 30.1 Å². The normalized spacial score (nSPS) is 18.1. The van der Waals surface area contributed by atoms with Crippen LogP contribution in [0.5, 0.6) is 5.75 Å². The minimum atomic E-state index is 0.0177. The van der Waals surface area contributed by atoms with Gasteiger partial charge in [-0.25, -0.2) is 0 Å². The number of benzene rings is 2. The monoisotopic (exact) mass is 398 g/mol. The van der Waals surface area contributed by atoms with Crippen LogP contribution in [0.15, 0.2) is 42.5 Å². The van der Waals surface area contributed by atoms with E-state index in [1.807, 2.05) is 35.2 Å². The predicted molar refractivity (Wildman–Crippen MR) is 109 cm³/mol. The number of ether oxygens (including phenoxy) is 1. The zero-order valence-corrected chi connectivity index (χ0v) is 16.4. The Morgan fingerprint density at radius 2 is 2.14 bits per heavy atom. The van der Waals surface area contributed by atoms with Gasteiger partial charge < -0.3 is 15.0 Å². The Bertz CT molecular complexity index is 899. The summed E-state index contributed by atoms with van der Waals surface area (Å²) in [4.78, 5) is 25.8. The average molecular weight is 399 g/mol. The Hall–Kier alpha value is -2.53. The first kappa shape index (κ1) is 18.8. The molecular formula is C22H23ClN2O3. The predicted octanol–water partition coefficient (Wildman–Crippen LogP) is 3.84. The first-order valence-electron chi connectivity index (χ1n) is 9.68. The highest BCUT2D eigenvalue weighted by Gasteiger charge is 2.27. The fourth-order valence-electron chi connectivity index (χ4n) is 3.82. The van der Waals surface area contributed by atoms with Crippen LogP contribution in [0.2, 0.25) is 5.02 Å². The lowest BCUT2D eigenvalue weighted by Gasteiger charge is -2.17. The molecule has 2 amide bonds. The van der Waals surface area contributed by atoms with Crippen molar-refractivity contribution in [2.45, 2.75) is 38.2 Å². The molecule has 1 N–H and O–H groups in total. The highest BCUT2D eigenvalue weighted by molar-refractivity contribution is 6.30. The molecule has 1 saturated heterocycles. The zero-order valence-electron chi connectivity index (χ0n) is 15.6. The molecule has 2 aliphatic rings. The zero-order chi connectivity index (χ0) is 19.5. The number of rotatable bonds is 6. The van der Waals surface area contributed by atoms with Gasteiger partial charge in [-0.05, 0) is 48.2 Å². The molecule has 0 spiro atoms. The maximum absolute atomic E-state index is 12.5. The van der Waals surface area contributed by atoms with Crippen LogP contribution in [0.3, 0.4) is 0 Å². The van der Waals surface area contributed by atoms with Gasteiger partial charge in [0.2, 0.25) is 11.8 Å². The van der Waals surface area contributed by atoms with Gasteiger partial charge in [-0.1, -0.05) is 29.8 Å². The van der Waals surface area contributed by atoms with Crippen LogP contribution in [0.25, 0.3) is 0 Å². The first-order chi connectivity index (χ1) is 13.6. The Morgan fingerprint density at radius 3 is 3.00 bits per heavy atom. The SMILES string of the molecule is O=C1Cc2cc(CCCC(=O)N3CC[C@@H](Oc4cccc(Cl)c4)C3)ccc2N1. The van der Waals surface area contributed by atoms with Crippen LogP contribution >= 0.6 is 11.6 Å². The molecule has 146 valence electrons. The van der Waals surface area contributed by atoms with Gasteiger partial charge in [0.25, 0.3) is 0 Å². The molecule has 0 unspecified atom stereocenters. The number of carbonyl (C=O) groups is 2. The third kappa shape index (κ3) is 4.47. The first-order valence-corrected chi connectivity index (χ1v) is 10.1. The molecule has 28 heavy (non-hydrogen) atoms. The van der Waals surface area contributed by atoms with Crippen molar-refractivity contribution < 1.29 is 14.3 Å². The van der Waals surface area contributed by atoms with Crippen LogP contribution < -0.4 is 10.1 Å². The van der Waals surface area contributed by atoms with Crippen molar-refractivity contribution >= 4 is 29.1 Å². The largest absolute Gasteiger partial charge is 0.488 e. The molecule has 2 heterocycles. The molecule has 6 heteroatoms. The van der Waals surface area contributed by atoms with Gasteiger partial charge in [-0.2, -0.15) is 0 Å². The number of carbonyl (C=O) groups excluding carboxylic acids is 2. The second-order valence-electron chi connectivity index (χ2n) is 7.40. The number of hydrogen-bond donors (Lipinski definition) is 1. The van der Waals surface area contributed by atoms with Crippen molar-refractivity contribution in [3.63, 3.8) is 0 Å². The van der Waals surface area contributed by atoms with Gasteiger partial charge in [-0.15, -0.1) is 0 Å². The molecule has 0 aliphatic carbocycles. The van der Waals surface area contributed by atoms with Crippen LogP contribution in [0, 0.1) is 0 Å². The van der Waals surface area contributed by atoms with E-state index < -0.39 is 0 Å². The van der Waals surface area contributed by atoms with E-state index in [-0.39, 0.29) is 17.9 Å². The minimum Gasteiger partial charge on any atom is -0.488 e. The highest BCUT2D eigenvalue weighted by atomic mass is 35.5. The molecule has 0 radical (unpaired) electrons. The second kappa shape index (κ2) is 8.23. The van der Waals surface area contributed by atoms with Crippen molar-refractivity contribution in [3.05, 3.63) is 58.6 Å². The van der Waals surface area contributed by atoms with Crippen LogP contribution in [-0.4, -0.2) is 35.9 Å². The number of nitrogens with zero attached hydrogens (tertiary/aromatic N) is 1. The molecule has 2 aromatic carbocycles. The van der Waals surface area contributed by atoms with Crippen LogP contribution in [-0.2, 0) is 22.4 Å². The molecule has 1 fully saturated rings. The summed E-state index contributed by atoms with van der Waals surface area (Å²) in [6, 6.07) is 13.4. The third-order valence-corrected chi connectivity index (χ3v) is 5.48. The number of anilines is 1. The molecule has 0 aromatic heterocycles. The highest BCUT2D eigenvalue weighted by Crippen LogP contribution is 2.25. The van der Waals surface area contributed by atoms with Crippen molar-refractivity contribution in [2.24, 2.45) is 0 Å². The summed E-state index contributed by atoms with van der Waals surface area (Å²) >= 11 is 5.99. The van der Waals surface area contributed by atoms with Crippen molar-refractivity contribution in [1.82, 2.24) is 4.90 Å². The number of amides is 2. The van der Waals surface area contributed by atoms with E-state index in [1.54, 1.807) is 6.07 Å². The summed E-state index contributed by atoms with van der Waals surface area (Å²) in [5.41, 5.74) is 3.13. The lowest BCUT2D eigenvalue weighted by molar-refractivity contribution is -0.130. The van der Waals surface area contributed by atoms with E-state index in [1.165, 1.54) is 5.56 Å². The van der Waals surface area contributed by atoms with Crippen LogP contribution in [0.1, 0.15) is 30.4 Å². The van der Waals surface area contributed by atoms with Crippen molar-refractivity contribution in [1.29, 1.82) is 0 Å². The topological polar surface area (TPSA) is 58.6 Å². The quantitative estimate of drug-likeness (QED) is 0.804. The molecule has 4 rings (SSSR count). The van der Waals surface area contributed by atoms with E-state index in [0.29, 0.717) is 24.4 Å². The maximum Gasteiger partial charge on any atom is 0.228 e. The fourth-order valence-corrected chi connectivity index (χ4v) is 4.00. The van der Waals surface area contributed by atoms with E-state index in [9.17, 15) is 9.59 Å². The average Bonchev–Trinajstić information content (AvgIpc) is 3.27. The molecular weight excluding hydrogens is 376 g/mol. The Kier molecular flexibility index (Phi) is 5.53. The van der Waals surface area contributed by atoms with Gasteiger partial charge in [0.15, 0.2) is 0 Å². The summed E-state index contributed by atoms with van der Waals surface area (Å²) in [5, 5.41) is 3.49.